The van der Waals surface area contributed by atoms with Crippen molar-refractivity contribution in [3.63, 3.8) is 0 Å². The zero-order valence-corrected chi connectivity index (χ0v) is 16.9. The monoisotopic (exact) mass is 384 g/mol. The molecule has 0 radical (unpaired) electrons. The minimum atomic E-state index is 0.165. The number of amides is 2. The van der Waals surface area contributed by atoms with E-state index in [2.05, 4.69) is 9.80 Å². The molecular formula is C22H32N4O2. The molecular weight excluding hydrogens is 352 g/mol. The lowest BCUT2D eigenvalue weighted by Crippen LogP contribution is -2.62. The molecule has 3 atom stereocenters. The van der Waals surface area contributed by atoms with E-state index in [1.54, 1.807) is 0 Å². The van der Waals surface area contributed by atoms with Crippen molar-refractivity contribution in [3.8, 4) is 0 Å². The van der Waals surface area contributed by atoms with Gasteiger partial charge in [-0.15, -0.1) is 0 Å². The maximum absolute atomic E-state index is 12.8. The number of likely N-dealkylation sites (tertiary alicyclic amines) is 2. The van der Waals surface area contributed by atoms with Crippen LogP contribution in [0.2, 0.25) is 0 Å². The summed E-state index contributed by atoms with van der Waals surface area (Å²) in [6.07, 6.45) is 8.40. The van der Waals surface area contributed by atoms with E-state index in [1.807, 2.05) is 34.8 Å². The van der Waals surface area contributed by atoms with Crippen molar-refractivity contribution in [2.75, 3.05) is 32.7 Å². The summed E-state index contributed by atoms with van der Waals surface area (Å²) in [5.74, 6) is 1.85. The third-order valence-corrected chi connectivity index (χ3v) is 7.64. The van der Waals surface area contributed by atoms with E-state index in [-0.39, 0.29) is 5.91 Å². The second-order valence-electron chi connectivity index (χ2n) is 9.35. The number of rotatable bonds is 2. The Labute approximate surface area is 167 Å². The standard InChI is InChI=1S/C22H32N4O2/c1-23-9-3-5-20(23)22(28)24-10-7-18(8-11-24)25-13-16-12-17(15-25)19-4-2-6-21(27)26(19)14-16/h3,5,9,16-19H,2,4,6-8,10-15H2,1H3/t16-,17-,19-/m1/s1. The third kappa shape index (κ3) is 3.15. The molecule has 6 heteroatoms. The van der Waals surface area contributed by atoms with Crippen molar-refractivity contribution in [1.29, 1.82) is 0 Å². The molecule has 5 heterocycles. The van der Waals surface area contributed by atoms with Gasteiger partial charge in [-0.25, -0.2) is 0 Å². The molecule has 4 aliphatic heterocycles. The van der Waals surface area contributed by atoms with E-state index in [0.717, 1.165) is 64.1 Å². The second kappa shape index (κ2) is 7.21. The van der Waals surface area contributed by atoms with E-state index >= 15 is 0 Å². The van der Waals surface area contributed by atoms with Crippen LogP contribution in [0.5, 0.6) is 0 Å². The highest BCUT2D eigenvalue weighted by atomic mass is 16.2. The molecule has 1 aromatic rings. The summed E-state index contributed by atoms with van der Waals surface area (Å²) in [7, 11) is 1.94. The molecule has 0 spiro atoms. The topological polar surface area (TPSA) is 48.8 Å². The molecule has 0 unspecified atom stereocenters. The quantitative estimate of drug-likeness (QED) is 0.783. The summed E-state index contributed by atoms with van der Waals surface area (Å²) in [6, 6.07) is 4.93. The van der Waals surface area contributed by atoms with Crippen LogP contribution in [0.3, 0.4) is 0 Å². The highest BCUT2D eigenvalue weighted by molar-refractivity contribution is 5.92. The lowest BCUT2D eigenvalue weighted by molar-refractivity contribution is -0.145. The van der Waals surface area contributed by atoms with Gasteiger partial charge in [-0.3, -0.25) is 14.5 Å². The molecule has 0 aromatic carbocycles. The molecule has 0 aliphatic carbocycles. The number of carbonyl (C=O) groups excluding carboxylic acids is 2. The van der Waals surface area contributed by atoms with Crippen LogP contribution in [0, 0.1) is 11.8 Å². The molecule has 152 valence electrons. The van der Waals surface area contributed by atoms with Gasteiger partial charge in [0, 0.05) is 64.5 Å². The number of aryl methyl sites for hydroxylation is 1. The van der Waals surface area contributed by atoms with Crippen LogP contribution in [0.15, 0.2) is 18.3 Å². The Morgan fingerprint density at radius 3 is 2.68 bits per heavy atom. The van der Waals surface area contributed by atoms with Crippen molar-refractivity contribution in [2.45, 2.75) is 50.6 Å². The van der Waals surface area contributed by atoms with Gasteiger partial charge in [0.05, 0.1) is 0 Å². The minimum absolute atomic E-state index is 0.165. The van der Waals surface area contributed by atoms with Gasteiger partial charge >= 0.3 is 0 Å². The van der Waals surface area contributed by atoms with E-state index in [4.69, 9.17) is 0 Å². The molecule has 4 fully saturated rings. The average molecular weight is 385 g/mol. The first kappa shape index (κ1) is 18.2. The summed E-state index contributed by atoms with van der Waals surface area (Å²) < 4.78 is 1.91. The Morgan fingerprint density at radius 2 is 1.93 bits per heavy atom. The molecule has 2 bridgehead atoms. The number of fused-ring (bicyclic) bond motifs is 4. The lowest BCUT2D eigenvalue weighted by atomic mass is 9.75. The average Bonchev–Trinajstić information content (AvgIpc) is 3.14. The van der Waals surface area contributed by atoms with Gasteiger partial charge in [-0.1, -0.05) is 0 Å². The van der Waals surface area contributed by atoms with Gasteiger partial charge in [-0.2, -0.15) is 0 Å². The molecule has 6 nitrogen and oxygen atoms in total. The predicted molar refractivity (Wildman–Crippen MR) is 107 cm³/mol. The Balaban J connectivity index is 1.20. The van der Waals surface area contributed by atoms with Crippen molar-refractivity contribution < 1.29 is 9.59 Å². The van der Waals surface area contributed by atoms with Crippen LogP contribution in [-0.4, -0.2) is 75.9 Å². The fraction of sp³-hybridized carbons (Fsp3) is 0.727. The van der Waals surface area contributed by atoms with E-state index < -0.39 is 0 Å². The fourth-order valence-corrected chi connectivity index (χ4v) is 6.23. The molecule has 28 heavy (non-hydrogen) atoms. The zero-order valence-electron chi connectivity index (χ0n) is 16.9. The van der Waals surface area contributed by atoms with Crippen LogP contribution in [-0.2, 0) is 11.8 Å². The summed E-state index contributed by atoms with van der Waals surface area (Å²) >= 11 is 0. The zero-order chi connectivity index (χ0) is 19.3. The summed E-state index contributed by atoms with van der Waals surface area (Å²) in [5.41, 5.74) is 0.785. The van der Waals surface area contributed by atoms with Crippen molar-refractivity contribution in [3.05, 3.63) is 24.0 Å². The maximum Gasteiger partial charge on any atom is 0.270 e. The predicted octanol–water partition coefficient (Wildman–Crippen LogP) is 1.96. The summed E-state index contributed by atoms with van der Waals surface area (Å²) in [5, 5.41) is 0. The normalized spacial score (nSPS) is 31.8. The van der Waals surface area contributed by atoms with Crippen LogP contribution in [0.25, 0.3) is 0 Å². The molecule has 4 aliphatic rings. The van der Waals surface area contributed by atoms with Gasteiger partial charge in [0.1, 0.15) is 5.69 Å². The minimum Gasteiger partial charge on any atom is -0.347 e. The second-order valence-corrected chi connectivity index (χ2v) is 9.35. The van der Waals surface area contributed by atoms with Crippen molar-refractivity contribution >= 4 is 11.8 Å². The summed E-state index contributed by atoms with van der Waals surface area (Å²) in [6.45, 7) is 4.95. The van der Waals surface area contributed by atoms with E-state index in [0.29, 0.717) is 29.8 Å². The number of carbonyl (C=O) groups is 2. The molecule has 0 saturated carbocycles. The molecule has 5 rings (SSSR count). The van der Waals surface area contributed by atoms with Crippen molar-refractivity contribution in [2.24, 2.45) is 18.9 Å². The number of hydrogen-bond acceptors (Lipinski definition) is 3. The molecule has 0 N–H and O–H groups in total. The maximum atomic E-state index is 12.8. The molecule has 4 saturated heterocycles. The number of hydrogen-bond donors (Lipinski definition) is 0. The summed E-state index contributed by atoms with van der Waals surface area (Å²) in [4.78, 5) is 32.1. The Hall–Kier alpha value is -1.82. The lowest BCUT2D eigenvalue weighted by Gasteiger charge is -2.54. The van der Waals surface area contributed by atoms with Gasteiger partial charge in [0.15, 0.2) is 0 Å². The van der Waals surface area contributed by atoms with Gasteiger partial charge in [0.25, 0.3) is 5.91 Å². The van der Waals surface area contributed by atoms with E-state index in [9.17, 15) is 9.59 Å². The Morgan fingerprint density at radius 1 is 1.11 bits per heavy atom. The first-order valence-electron chi connectivity index (χ1n) is 11.0. The largest absolute Gasteiger partial charge is 0.347 e. The van der Waals surface area contributed by atoms with E-state index in [1.165, 1.54) is 12.8 Å². The van der Waals surface area contributed by atoms with Crippen molar-refractivity contribution in [1.82, 2.24) is 19.3 Å². The van der Waals surface area contributed by atoms with Crippen LogP contribution in [0.1, 0.15) is 49.0 Å². The van der Waals surface area contributed by atoms with Gasteiger partial charge in [0.2, 0.25) is 5.91 Å². The van der Waals surface area contributed by atoms with Gasteiger partial charge in [-0.05, 0) is 56.1 Å². The highest BCUT2D eigenvalue weighted by Gasteiger charge is 2.45. The number of piperidine rings is 4. The van der Waals surface area contributed by atoms with Crippen LogP contribution >= 0.6 is 0 Å². The number of nitrogens with zero attached hydrogens (tertiary/aromatic N) is 4. The molecule has 2 amide bonds. The molecule has 1 aromatic heterocycles. The Kier molecular flexibility index (Phi) is 4.69. The Bertz CT molecular complexity index is 751. The fourth-order valence-electron chi connectivity index (χ4n) is 6.23. The first-order chi connectivity index (χ1) is 13.6. The van der Waals surface area contributed by atoms with Gasteiger partial charge < -0.3 is 14.4 Å². The smallest absolute Gasteiger partial charge is 0.270 e. The third-order valence-electron chi connectivity index (χ3n) is 7.64. The van der Waals surface area contributed by atoms with Crippen LogP contribution in [0.4, 0.5) is 0 Å². The number of aromatic nitrogens is 1. The first-order valence-corrected chi connectivity index (χ1v) is 11.0. The SMILES string of the molecule is Cn1cccc1C(=O)N1CCC(N2C[C@H]3C[C@H](C2)[C@H]2CCCC(=O)N2C3)CC1. The highest BCUT2D eigenvalue weighted by Crippen LogP contribution is 2.39. The van der Waals surface area contributed by atoms with Crippen LogP contribution < -0.4 is 0 Å².